The van der Waals surface area contributed by atoms with E-state index in [0.29, 0.717) is 19.1 Å². The van der Waals surface area contributed by atoms with Crippen molar-refractivity contribution < 1.29 is 9.47 Å². The number of ether oxygens (including phenoxy) is 2. The number of benzene rings is 1. The van der Waals surface area contributed by atoms with Gasteiger partial charge in [-0.15, -0.1) is 0 Å². The minimum Gasteiger partial charge on any atom is -0.472 e. The van der Waals surface area contributed by atoms with Crippen LogP contribution in [0.3, 0.4) is 0 Å². The first kappa shape index (κ1) is 13.1. The van der Waals surface area contributed by atoms with Gasteiger partial charge in [-0.3, -0.25) is 0 Å². The smallest absolute Gasteiger partial charge is 0.226 e. The van der Waals surface area contributed by atoms with Crippen LogP contribution in [0, 0.1) is 0 Å². The van der Waals surface area contributed by atoms with E-state index in [-0.39, 0.29) is 11.4 Å². The summed E-state index contributed by atoms with van der Waals surface area (Å²) in [5.41, 5.74) is 0.774. The Morgan fingerprint density at radius 1 is 1.28 bits per heavy atom. The summed E-state index contributed by atoms with van der Waals surface area (Å²) in [5, 5.41) is 1.04. The SMILES string of the molecule is CCOCC(C)Oc1nc(Cl)nc2ccccc12. The highest BCUT2D eigenvalue weighted by atomic mass is 35.5. The van der Waals surface area contributed by atoms with Crippen molar-refractivity contribution in [1.29, 1.82) is 0 Å². The third-order valence-corrected chi connectivity index (χ3v) is 2.58. The average Bonchev–Trinajstić information content (AvgIpc) is 2.36. The van der Waals surface area contributed by atoms with Crippen molar-refractivity contribution in [3.8, 4) is 5.88 Å². The van der Waals surface area contributed by atoms with Crippen LogP contribution in [0.1, 0.15) is 13.8 Å². The van der Waals surface area contributed by atoms with Crippen LogP contribution in [0.4, 0.5) is 0 Å². The lowest BCUT2D eigenvalue weighted by Gasteiger charge is -2.15. The maximum absolute atomic E-state index is 5.88. The number of para-hydroxylation sites is 1. The number of nitrogens with zero attached hydrogens (tertiary/aromatic N) is 2. The zero-order valence-corrected chi connectivity index (χ0v) is 11.1. The summed E-state index contributed by atoms with van der Waals surface area (Å²) in [7, 11) is 0. The molecule has 0 radical (unpaired) electrons. The molecule has 4 nitrogen and oxygen atoms in total. The Bertz CT molecular complexity index is 533. The minimum absolute atomic E-state index is 0.0840. The molecule has 0 aliphatic carbocycles. The van der Waals surface area contributed by atoms with Gasteiger partial charge in [-0.25, -0.2) is 4.98 Å². The maximum Gasteiger partial charge on any atom is 0.226 e. The van der Waals surface area contributed by atoms with Crippen molar-refractivity contribution in [1.82, 2.24) is 9.97 Å². The van der Waals surface area contributed by atoms with E-state index in [2.05, 4.69) is 9.97 Å². The molecule has 0 N–H and O–H groups in total. The normalized spacial score (nSPS) is 12.6. The molecule has 0 aliphatic rings. The summed E-state index contributed by atoms with van der Waals surface area (Å²) in [4.78, 5) is 8.27. The molecule has 1 unspecified atom stereocenters. The molecule has 0 spiro atoms. The second-order valence-electron chi connectivity index (χ2n) is 3.90. The van der Waals surface area contributed by atoms with E-state index >= 15 is 0 Å². The molecule has 0 fully saturated rings. The van der Waals surface area contributed by atoms with Crippen molar-refractivity contribution in [2.75, 3.05) is 13.2 Å². The van der Waals surface area contributed by atoms with Crippen molar-refractivity contribution in [2.45, 2.75) is 20.0 Å². The van der Waals surface area contributed by atoms with Gasteiger partial charge in [0.25, 0.3) is 0 Å². The van der Waals surface area contributed by atoms with E-state index < -0.39 is 0 Å². The molecular weight excluding hydrogens is 252 g/mol. The zero-order chi connectivity index (χ0) is 13.0. The van der Waals surface area contributed by atoms with Gasteiger partial charge in [0.15, 0.2) is 0 Å². The molecule has 1 atom stereocenters. The van der Waals surface area contributed by atoms with Crippen LogP contribution in [0.5, 0.6) is 5.88 Å². The van der Waals surface area contributed by atoms with Crippen LogP contribution in [-0.4, -0.2) is 29.3 Å². The summed E-state index contributed by atoms with van der Waals surface area (Å²) in [5.74, 6) is 0.498. The van der Waals surface area contributed by atoms with Gasteiger partial charge in [0.05, 0.1) is 17.5 Å². The first-order chi connectivity index (χ1) is 8.70. The van der Waals surface area contributed by atoms with Gasteiger partial charge in [-0.1, -0.05) is 12.1 Å². The molecule has 2 aromatic rings. The molecular formula is C13H15ClN2O2. The zero-order valence-electron chi connectivity index (χ0n) is 10.4. The number of fused-ring (bicyclic) bond motifs is 1. The van der Waals surface area contributed by atoms with E-state index in [1.165, 1.54) is 0 Å². The molecule has 0 amide bonds. The number of aromatic nitrogens is 2. The van der Waals surface area contributed by atoms with Crippen LogP contribution in [0.25, 0.3) is 10.9 Å². The van der Waals surface area contributed by atoms with Gasteiger partial charge >= 0.3 is 0 Å². The Morgan fingerprint density at radius 3 is 2.83 bits per heavy atom. The van der Waals surface area contributed by atoms with Crippen molar-refractivity contribution in [3.05, 3.63) is 29.5 Å². The number of halogens is 1. The third kappa shape index (κ3) is 3.09. The predicted octanol–water partition coefficient (Wildman–Crippen LogP) is 3.09. The standard InChI is InChI=1S/C13H15ClN2O2/c1-3-17-8-9(2)18-12-10-6-4-5-7-11(10)15-13(14)16-12/h4-7,9H,3,8H2,1-2H3. The van der Waals surface area contributed by atoms with Crippen LogP contribution < -0.4 is 4.74 Å². The van der Waals surface area contributed by atoms with Crippen LogP contribution in [0.15, 0.2) is 24.3 Å². The molecule has 2 rings (SSSR count). The Balaban J connectivity index is 2.26. The van der Waals surface area contributed by atoms with E-state index in [0.717, 1.165) is 10.9 Å². The first-order valence-corrected chi connectivity index (χ1v) is 6.25. The second-order valence-corrected chi connectivity index (χ2v) is 4.24. The van der Waals surface area contributed by atoms with Gasteiger partial charge in [-0.05, 0) is 37.6 Å². The molecule has 1 aromatic heterocycles. The van der Waals surface area contributed by atoms with Crippen molar-refractivity contribution in [2.24, 2.45) is 0 Å². The Morgan fingerprint density at radius 2 is 2.06 bits per heavy atom. The topological polar surface area (TPSA) is 44.2 Å². The molecule has 96 valence electrons. The molecule has 0 aliphatic heterocycles. The van der Waals surface area contributed by atoms with E-state index in [4.69, 9.17) is 21.1 Å². The molecule has 0 saturated carbocycles. The molecule has 5 heteroatoms. The average molecular weight is 267 g/mol. The highest BCUT2D eigenvalue weighted by Gasteiger charge is 2.11. The Hall–Kier alpha value is -1.39. The number of hydrogen-bond donors (Lipinski definition) is 0. The highest BCUT2D eigenvalue weighted by Crippen LogP contribution is 2.24. The summed E-state index contributed by atoms with van der Waals surface area (Å²) in [6.45, 7) is 5.07. The number of hydrogen-bond acceptors (Lipinski definition) is 4. The minimum atomic E-state index is -0.0840. The highest BCUT2D eigenvalue weighted by molar-refractivity contribution is 6.28. The first-order valence-electron chi connectivity index (χ1n) is 5.87. The van der Waals surface area contributed by atoms with Gasteiger partial charge in [-0.2, -0.15) is 4.98 Å². The fraction of sp³-hybridized carbons (Fsp3) is 0.385. The Kier molecular flexibility index (Phi) is 4.33. The lowest BCUT2D eigenvalue weighted by Crippen LogP contribution is -2.19. The number of rotatable bonds is 5. The molecule has 0 bridgehead atoms. The van der Waals surface area contributed by atoms with E-state index in [1.54, 1.807) is 0 Å². The van der Waals surface area contributed by atoms with Crippen LogP contribution in [-0.2, 0) is 4.74 Å². The quantitative estimate of drug-likeness (QED) is 0.780. The fourth-order valence-electron chi connectivity index (χ4n) is 1.62. The Labute approximate surface area is 111 Å². The molecule has 1 heterocycles. The fourth-order valence-corrected chi connectivity index (χ4v) is 1.79. The summed E-state index contributed by atoms with van der Waals surface area (Å²) in [6, 6.07) is 7.61. The van der Waals surface area contributed by atoms with Gasteiger partial charge < -0.3 is 9.47 Å². The van der Waals surface area contributed by atoms with Crippen LogP contribution in [0.2, 0.25) is 5.28 Å². The maximum atomic E-state index is 5.88. The van der Waals surface area contributed by atoms with E-state index in [1.807, 2.05) is 38.1 Å². The summed E-state index contributed by atoms with van der Waals surface area (Å²) in [6.07, 6.45) is -0.0840. The third-order valence-electron chi connectivity index (χ3n) is 2.41. The lowest BCUT2D eigenvalue weighted by molar-refractivity contribution is 0.0642. The summed E-state index contributed by atoms with van der Waals surface area (Å²) < 4.78 is 11.1. The van der Waals surface area contributed by atoms with Crippen molar-refractivity contribution in [3.63, 3.8) is 0 Å². The van der Waals surface area contributed by atoms with E-state index in [9.17, 15) is 0 Å². The van der Waals surface area contributed by atoms with Crippen molar-refractivity contribution >= 4 is 22.5 Å². The molecule has 0 saturated heterocycles. The van der Waals surface area contributed by atoms with Crippen LogP contribution >= 0.6 is 11.6 Å². The summed E-state index contributed by atoms with van der Waals surface area (Å²) >= 11 is 5.88. The molecule has 1 aromatic carbocycles. The van der Waals surface area contributed by atoms with Gasteiger partial charge in [0.2, 0.25) is 11.2 Å². The second kappa shape index (κ2) is 5.98. The largest absolute Gasteiger partial charge is 0.472 e. The molecule has 18 heavy (non-hydrogen) atoms. The van der Waals surface area contributed by atoms with Gasteiger partial charge in [0.1, 0.15) is 6.10 Å². The monoisotopic (exact) mass is 266 g/mol. The predicted molar refractivity (Wildman–Crippen MR) is 71.1 cm³/mol. The lowest BCUT2D eigenvalue weighted by atomic mass is 10.2. The van der Waals surface area contributed by atoms with Gasteiger partial charge in [0, 0.05) is 6.61 Å².